The molecule has 0 unspecified atom stereocenters. The van der Waals surface area contributed by atoms with Crippen LogP contribution < -0.4 is 4.74 Å². The Hall–Kier alpha value is -4.12. The fourth-order valence-corrected chi connectivity index (χ4v) is 3.85. The zero-order valence-electron chi connectivity index (χ0n) is 17.8. The number of methoxy groups -OCH3 is 1. The number of ether oxygens (including phenoxy) is 1. The first kappa shape index (κ1) is 19.8. The van der Waals surface area contributed by atoms with E-state index in [2.05, 4.69) is 12.1 Å². The lowest BCUT2D eigenvalue weighted by molar-refractivity contribution is 0.414. The van der Waals surface area contributed by atoms with E-state index in [1.54, 1.807) is 11.5 Å². The van der Waals surface area contributed by atoms with E-state index in [-0.39, 0.29) is 5.88 Å². The lowest BCUT2D eigenvalue weighted by Gasteiger charge is -2.08. The number of fused-ring (bicyclic) bond motifs is 1. The maximum absolute atomic E-state index is 11.1. The molecule has 0 aliphatic carbocycles. The second-order valence-corrected chi connectivity index (χ2v) is 7.70. The molecule has 5 nitrogen and oxygen atoms in total. The zero-order valence-corrected chi connectivity index (χ0v) is 17.8. The maximum Gasteiger partial charge on any atom is 0.219 e. The van der Waals surface area contributed by atoms with Gasteiger partial charge >= 0.3 is 0 Å². The van der Waals surface area contributed by atoms with Gasteiger partial charge in [0.2, 0.25) is 5.88 Å². The smallest absolute Gasteiger partial charge is 0.219 e. The minimum absolute atomic E-state index is 0.143. The zero-order chi connectivity index (χ0) is 21.9. The molecule has 1 N–H and O–H groups in total. The number of hydrogen-bond acceptors (Lipinski definition) is 4. The lowest BCUT2D eigenvalue weighted by Crippen LogP contribution is -2.00. The number of rotatable bonds is 6. The molecule has 158 valence electrons. The molecule has 0 aliphatic heterocycles. The Morgan fingerprint density at radius 1 is 0.750 bits per heavy atom. The van der Waals surface area contributed by atoms with Crippen molar-refractivity contribution in [1.82, 2.24) is 14.4 Å². The fraction of sp³-hybridized carbons (Fsp3) is 0.111. The molecule has 3 aromatic carbocycles. The van der Waals surface area contributed by atoms with Gasteiger partial charge in [0.05, 0.1) is 18.5 Å². The van der Waals surface area contributed by atoms with Crippen LogP contribution in [0.4, 0.5) is 0 Å². The van der Waals surface area contributed by atoms with E-state index in [0.29, 0.717) is 24.2 Å². The number of hydrogen-bond donors (Lipinski definition) is 1. The first-order valence-corrected chi connectivity index (χ1v) is 10.5. The molecular weight excluding hydrogens is 398 g/mol. The van der Waals surface area contributed by atoms with Crippen molar-refractivity contribution in [3.05, 3.63) is 114 Å². The van der Waals surface area contributed by atoms with E-state index < -0.39 is 0 Å². The monoisotopic (exact) mass is 421 g/mol. The standard InChI is InChI=1S/C27H23N3O2/c1-32-22-14-12-20(13-15-22)17-24-27(31)30-18-25(21-10-6-3-7-11-21)28-23(26(30)29-24)16-19-8-4-2-5-9-19/h2-15,18,31H,16-17H2,1H3. The summed E-state index contributed by atoms with van der Waals surface area (Å²) >= 11 is 0. The summed E-state index contributed by atoms with van der Waals surface area (Å²) in [7, 11) is 1.65. The summed E-state index contributed by atoms with van der Waals surface area (Å²) in [6, 6.07) is 28.0. The van der Waals surface area contributed by atoms with Gasteiger partial charge in [-0.1, -0.05) is 72.8 Å². The summed E-state index contributed by atoms with van der Waals surface area (Å²) < 4.78 is 7.00. The van der Waals surface area contributed by atoms with Crippen LogP contribution in [0.25, 0.3) is 16.9 Å². The minimum Gasteiger partial charge on any atom is -0.497 e. The van der Waals surface area contributed by atoms with E-state index in [4.69, 9.17) is 14.7 Å². The number of aromatic nitrogens is 3. The van der Waals surface area contributed by atoms with Crippen LogP contribution in [0.15, 0.2) is 91.1 Å². The molecule has 5 heteroatoms. The SMILES string of the molecule is COc1ccc(Cc2nc3c(Cc4ccccc4)nc(-c4ccccc4)cn3c2O)cc1. The van der Waals surface area contributed by atoms with Gasteiger partial charge in [0.25, 0.3) is 0 Å². The van der Waals surface area contributed by atoms with Gasteiger partial charge in [-0.3, -0.25) is 4.40 Å². The Morgan fingerprint density at radius 3 is 2.06 bits per heavy atom. The predicted octanol–water partition coefficient (Wildman–Crippen LogP) is 5.29. The maximum atomic E-state index is 11.1. The van der Waals surface area contributed by atoms with Crippen LogP contribution in [0.3, 0.4) is 0 Å². The number of benzene rings is 3. The molecule has 0 aliphatic rings. The molecule has 0 saturated heterocycles. The third-order valence-corrected chi connectivity index (χ3v) is 5.53. The van der Waals surface area contributed by atoms with E-state index in [1.165, 1.54) is 0 Å². The van der Waals surface area contributed by atoms with Gasteiger partial charge in [-0.2, -0.15) is 0 Å². The minimum atomic E-state index is 0.143. The average Bonchev–Trinajstić information content (AvgIpc) is 3.16. The van der Waals surface area contributed by atoms with Crippen molar-refractivity contribution >= 4 is 5.65 Å². The molecule has 0 saturated carbocycles. The second kappa shape index (κ2) is 8.55. The molecule has 0 amide bonds. The van der Waals surface area contributed by atoms with Gasteiger partial charge in [0.15, 0.2) is 5.65 Å². The first-order chi connectivity index (χ1) is 15.7. The van der Waals surface area contributed by atoms with Gasteiger partial charge in [0, 0.05) is 24.6 Å². The highest BCUT2D eigenvalue weighted by Crippen LogP contribution is 2.28. The number of imidazole rings is 1. The van der Waals surface area contributed by atoms with Crippen LogP contribution >= 0.6 is 0 Å². The van der Waals surface area contributed by atoms with Crippen molar-refractivity contribution in [2.24, 2.45) is 0 Å². The first-order valence-electron chi connectivity index (χ1n) is 10.5. The Kier molecular flexibility index (Phi) is 5.30. The van der Waals surface area contributed by atoms with Crippen molar-refractivity contribution in [2.75, 3.05) is 7.11 Å². The Bertz CT molecular complexity index is 1350. The normalized spacial score (nSPS) is 11.0. The van der Waals surface area contributed by atoms with Gasteiger partial charge in [-0.05, 0) is 23.3 Å². The predicted molar refractivity (Wildman–Crippen MR) is 125 cm³/mol. The second-order valence-electron chi connectivity index (χ2n) is 7.70. The molecule has 2 aromatic heterocycles. The molecular formula is C27H23N3O2. The van der Waals surface area contributed by atoms with Gasteiger partial charge < -0.3 is 9.84 Å². The number of nitrogens with zero attached hydrogens (tertiary/aromatic N) is 3. The largest absolute Gasteiger partial charge is 0.497 e. The molecule has 5 rings (SSSR count). The molecule has 0 atom stereocenters. The highest BCUT2D eigenvalue weighted by atomic mass is 16.5. The third-order valence-electron chi connectivity index (χ3n) is 5.53. The Labute approximate surface area is 186 Å². The topological polar surface area (TPSA) is 59.7 Å². The summed E-state index contributed by atoms with van der Waals surface area (Å²) in [6.07, 6.45) is 3.01. The summed E-state index contributed by atoms with van der Waals surface area (Å²) in [5, 5.41) is 11.1. The van der Waals surface area contributed by atoms with Crippen LogP contribution in [0.2, 0.25) is 0 Å². The summed E-state index contributed by atoms with van der Waals surface area (Å²) in [4.78, 5) is 9.74. The summed E-state index contributed by atoms with van der Waals surface area (Å²) in [5.41, 5.74) is 6.11. The van der Waals surface area contributed by atoms with Crippen LogP contribution in [0, 0.1) is 0 Å². The molecule has 2 heterocycles. The third kappa shape index (κ3) is 3.93. The highest BCUT2D eigenvalue weighted by Gasteiger charge is 2.18. The van der Waals surface area contributed by atoms with E-state index in [9.17, 15) is 5.11 Å². The summed E-state index contributed by atoms with van der Waals surface area (Å²) in [6.45, 7) is 0. The van der Waals surface area contributed by atoms with E-state index >= 15 is 0 Å². The molecule has 0 fully saturated rings. The fourth-order valence-electron chi connectivity index (χ4n) is 3.85. The Balaban J connectivity index is 1.61. The van der Waals surface area contributed by atoms with Crippen molar-refractivity contribution in [1.29, 1.82) is 0 Å². The molecule has 32 heavy (non-hydrogen) atoms. The van der Waals surface area contributed by atoms with Crippen molar-refractivity contribution < 1.29 is 9.84 Å². The van der Waals surface area contributed by atoms with Crippen molar-refractivity contribution in [2.45, 2.75) is 12.8 Å². The molecule has 5 aromatic rings. The Morgan fingerprint density at radius 2 is 1.38 bits per heavy atom. The van der Waals surface area contributed by atoms with Crippen molar-refractivity contribution in [3.8, 4) is 22.9 Å². The van der Waals surface area contributed by atoms with E-state index in [0.717, 1.165) is 33.8 Å². The van der Waals surface area contributed by atoms with Crippen LogP contribution in [-0.2, 0) is 12.8 Å². The molecule has 0 bridgehead atoms. The quantitative estimate of drug-likeness (QED) is 0.405. The van der Waals surface area contributed by atoms with Gasteiger partial charge in [-0.25, -0.2) is 9.97 Å². The molecule has 0 spiro atoms. The van der Waals surface area contributed by atoms with E-state index in [1.807, 2.05) is 79.0 Å². The van der Waals surface area contributed by atoms with Crippen LogP contribution in [0.5, 0.6) is 11.6 Å². The number of aromatic hydroxyl groups is 1. The van der Waals surface area contributed by atoms with Gasteiger partial charge in [-0.15, -0.1) is 0 Å². The lowest BCUT2D eigenvalue weighted by atomic mass is 10.1. The molecule has 0 radical (unpaired) electrons. The van der Waals surface area contributed by atoms with Crippen molar-refractivity contribution in [3.63, 3.8) is 0 Å². The van der Waals surface area contributed by atoms with Crippen LogP contribution in [-0.4, -0.2) is 26.6 Å². The summed E-state index contributed by atoms with van der Waals surface area (Å²) in [5.74, 6) is 0.944. The highest BCUT2D eigenvalue weighted by molar-refractivity contribution is 5.63. The average molecular weight is 422 g/mol. The van der Waals surface area contributed by atoms with Gasteiger partial charge in [0.1, 0.15) is 11.4 Å². The van der Waals surface area contributed by atoms with Crippen LogP contribution in [0.1, 0.15) is 22.5 Å².